The number of benzene rings is 1. The zero-order valence-corrected chi connectivity index (χ0v) is 11.2. The van der Waals surface area contributed by atoms with E-state index in [1.807, 2.05) is 24.6 Å². The van der Waals surface area contributed by atoms with Gasteiger partial charge < -0.3 is 14.4 Å². The Morgan fingerprint density at radius 1 is 1.32 bits per heavy atom. The highest BCUT2D eigenvalue weighted by Gasteiger charge is 2.12. The first-order chi connectivity index (χ1) is 9.08. The molecule has 1 heterocycles. The largest absolute Gasteiger partial charge is 0.486 e. The van der Waals surface area contributed by atoms with E-state index in [1.165, 1.54) is 0 Å². The van der Waals surface area contributed by atoms with E-state index in [0.29, 0.717) is 17.8 Å². The summed E-state index contributed by atoms with van der Waals surface area (Å²) in [5.41, 5.74) is 1.65. The molecule has 5 heteroatoms. The van der Waals surface area contributed by atoms with Crippen molar-refractivity contribution < 1.29 is 9.84 Å². The quantitative estimate of drug-likeness (QED) is 0.802. The third kappa shape index (κ3) is 3.61. The molecule has 4 nitrogen and oxygen atoms in total. The van der Waals surface area contributed by atoms with E-state index in [2.05, 4.69) is 4.98 Å². The molecule has 0 aliphatic carbocycles. The molecule has 2 rings (SSSR count). The van der Waals surface area contributed by atoms with Crippen LogP contribution in [-0.2, 0) is 6.54 Å². The Bertz CT molecular complexity index is 537. The Hall–Kier alpha value is -1.75. The Morgan fingerprint density at radius 3 is 2.53 bits per heavy atom. The van der Waals surface area contributed by atoms with Crippen LogP contribution < -0.4 is 10.2 Å². The highest BCUT2D eigenvalue weighted by Crippen LogP contribution is 2.12. The zero-order chi connectivity index (χ0) is 13.8. The minimum atomic E-state index is -0.309. The van der Waals surface area contributed by atoms with Crippen molar-refractivity contribution >= 4 is 13.3 Å². The third-order valence-electron chi connectivity index (χ3n) is 2.88. The molecule has 0 saturated heterocycles. The molecule has 0 amide bonds. The minimum Gasteiger partial charge on any atom is -0.486 e. The van der Waals surface area contributed by atoms with E-state index in [0.717, 1.165) is 11.5 Å². The molecule has 0 fully saturated rings. The molecule has 98 valence electrons. The lowest BCUT2D eigenvalue weighted by molar-refractivity contribution is 0.101. The molecule has 0 aliphatic rings. The van der Waals surface area contributed by atoms with Crippen molar-refractivity contribution in [3.05, 3.63) is 42.0 Å². The van der Waals surface area contributed by atoms with Crippen LogP contribution in [0.3, 0.4) is 0 Å². The number of imidazole rings is 1. The van der Waals surface area contributed by atoms with Crippen LogP contribution in [0.2, 0.25) is 0 Å². The molecule has 0 aliphatic heterocycles. The van der Waals surface area contributed by atoms with Crippen molar-refractivity contribution in [3.8, 4) is 5.75 Å². The lowest BCUT2D eigenvalue weighted by Gasteiger charge is -2.18. The maximum Gasteiger partial charge on any atom is 0.139 e. The van der Waals surface area contributed by atoms with Gasteiger partial charge in [-0.1, -0.05) is 17.6 Å². The maximum absolute atomic E-state index is 9.42. The molecule has 0 spiro atoms. The lowest BCUT2D eigenvalue weighted by Crippen LogP contribution is -2.27. The molecular formula is C14H17BN2O2. The average molecular weight is 256 g/mol. The first kappa shape index (κ1) is 13.7. The van der Waals surface area contributed by atoms with Crippen LogP contribution in [0.4, 0.5) is 0 Å². The van der Waals surface area contributed by atoms with Crippen LogP contribution in [0.25, 0.3) is 0 Å². The van der Waals surface area contributed by atoms with Gasteiger partial charge in [0.25, 0.3) is 0 Å². The third-order valence-corrected chi connectivity index (χ3v) is 2.88. The Balaban J connectivity index is 2.04. The summed E-state index contributed by atoms with van der Waals surface area (Å²) in [4.78, 5) is 4.33. The molecule has 1 aromatic carbocycles. The molecule has 1 unspecified atom stereocenters. The number of aromatic nitrogens is 2. The summed E-state index contributed by atoms with van der Waals surface area (Å²) in [7, 11) is 5.62. The average Bonchev–Trinajstić information content (AvgIpc) is 2.69. The molecule has 0 bridgehead atoms. The predicted molar refractivity (Wildman–Crippen MR) is 75.0 cm³/mol. The number of aryl methyl sites for hydroxylation is 2. The van der Waals surface area contributed by atoms with E-state index in [9.17, 15) is 5.11 Å². The summed E-state index contributed by atoms with van der Waals surface area (Å²) in [5, 5.41) is 9.42. The van der Waals surface area contributed by atoms with Crippen molar-refractivity contribution in [2.24, 2.45) is 0 Å². The molecule has 19 heavy (non-hydrogen) atoms. The molecule has 2 radical (unpaired) electrons. The van der Waals surface area contributed by atoms with Crippen LogP contribution in [0.5, 0.6) is 5.75 Å². The van der Waals surface area contributed by atoms with Crippen LogP contribution in [0.1, 0.15) is 11.5 Å². The first-order valence-electron chi connectivity index (χ1n) is 6.22. The van der Waals surface area contributed by atoms with E-state index in [1.54, 1.807) is 24.3 Å². The first-order valence-corrected chi connectivity index (χ1v) is 6.22. The van der Waals surface area contributed by atoms with Crippen molar-refractivity contribution in [3.63, 3.8) is 0 Å². The second-order valence-electron chi connectivity index (χ2n) is 4.57. The Labute approximate surface area is 114 Å². The van der Waals surface area contributed by atoms with E-state index < -0.39 is 0 Å². The SMILES string of the molecule is [B]c1ccc(OC(CO)Cn2cc(C)nc2C)cc1. The normalized spacial score (nSPS) is 12.4. The highest BCUT2D eigenvalue weighted by molar-refractivity contribution is 6.32. The summed E-state index contributed by atoms with van der Waals surface area (Å²) >= 11 is 0. The number of aliphatic hydroxyl groups excluding tert-OH is 1. The minimum absolute atomic E-state index is 0.0545. The second-order valence-corrected chi connectivity index (χ2v) is 4.57. The van der Waals surface area contributed by atoms with E-state index >= 15 is 0 Å². The fraction of sp³-hybridized carbons (Fsp3) is 0.357. The molecule has 1 aromatic heterocycles. The highest BCUT2D eigenvalue weighted by atomic mass is 16.5. The van der Waals surface area contributed by atoms with Gasteiger partial charge in [0.1, 0.15) is 25.5 Å². The van der Waals surface area contributed by atoms with Gasteiger partial charge in [-0.3, -0.25) is 0 Å². The van der Waals surface area contributed by atoms with Gasteiger partial charge in [-0.15, -0.1) is 0 Å². The Morgan fingerprint density at radius 2 is 2.00 bits per heavy atom. The lowest BCUT2D eigenvalue weighted by atomic mass is 9.97. The molecule has 2 aromatic rings. The van der Waals surface area contributed by atoms with Crippen molar-refractivity contribution in [1.82, 2.24) is 9.55 Å². The number of nitrogens with zero attached hydrogens (tertiary/aromatic N) is 2. The number of rotatable bonds is 5. The summed E-state index contributed by atoms with van der Waals surface area (Å²) in [5.74, 6) is 1.61. The maximum atomic E-state index is 9.42. The van der Waals surface area contributed by atoms with Gasteiger partial charge in [0.15, 0.2) is 0 Å². The number of hydrogen-bond acceptors (Lipinski definition) is 3. The van der Waals surface area contributed by atoms with Gasteiger partial charge in [0.05, 0.1) is 18.8 Å². The van der Waals surface area contributed by atoms with Gasteiger partial charge in [0.2, 0.25) is 0 Å². The fourth-order valence-electron chi connectivity index (χ4n) is 1.94. The summed E-state index contributed by atoms with van der Waals surface area (Å²) in [6.45, 7) is 4.39. The standard InChI is InChI=1S/C14H17BN2O2/c1-10-7-17(11(2)16-10)8-14(9-18)19-13-5-3-12(15)4-6-13/h3-7,14,18H,8-9H2,1-2H3. The number of hydrogen-bond donors (Lipinski definition) is 1. The van der Waals surface area contributed by atoms with Gasteiger partial charge in [0, 0.05) is 6.20 Å². The van der Waals surface area contributed by atoms with Crippen LogP contribution >= 0.6 is 0 Å². The predicted octanol–water partition coefficient (Wildman–Crippen LogP) is 0.734. The smallest absolute Gasteiger partial charge is 0.139 e. The molecular weight excluding hydrogens is 239 g/mol. The van der Waals surface area contributed by atoms with Crippen molar-refractivity contribution in [2.75, 3.05) is 6.61 Å². The Kier molecular flexibility index (Phi) is 4.27. The van der Waals surface area contributed by atoms with Crippen LogP contribution in [0.15, 0.2) is 30.5 Å². The van der Waals surface area contributed by atoms with Gasteiger partial charge >= 0.3 is 0 Å². The summed E-state index contributed by atoms with van der Waals surface area (Å²) < 4.78 is 7.71. The van der Waals surface area contributed by atoms with Gasteiger partial charge in [-0.25, -0.2) is 4.98 Å². The van der Waals surface area contributed by atoms with Crippen molar-refractivity contribution in [2.45, 2.75) is 26.5 Å². The van der Waals surface area contributed by atoms with E-state index in [-0.39, 0.29) is 12.7 Å². The second kappa shape index (κ2) is 5.93. The van der Waals surface area contributed by atoms with Crippen molar-refractivity contribution in [1.29, 1.82) is 0 Å². The summed E-state index contributed by atoms with van der Waals surface area (Å²) in [6.07, 6.45) is 1.64. The summed E-state index contributed by atoms with van der Waals surface area (Å²) in [6, 6.07) is 7.14. The molecule has 1 atom stereocenters. The monoisotopic (exact) mass is 256 g/mol. The van der Waals surface area contributed by atoms with E-state index in [4.69, 9.17) is 12.6 Å². The number of ether oxygens (including phenoxy) is 1. The van der Waals surface area contributed by atoms with Crippen LogP contribution in [0, 0.1) is 13.8 Å². The van der Waals surface area contributed by atoms with Crippen LogP contribution in [-0.4, -0.2) is 35.2 Å². The number of aliphatic hydroxyl groups is 1. The zero-order valence-electron chi connectivity index (χ0n) is 11.2. The topological polar surface area (TPSA) is 47.3 Å². The molecule has 1 N–H and O–H groups in total. The van der Waals surface area contributed by atoms with Gasteiger partial charge in [-0.2, -0.15) is 0 Å². The van der Waals surface area contributed by atoms with Gasteiger partial charge in [-0.05, 0) is 26.0 Å². The molecule has 0 saturated carbocycles. The fourth-order valence-corrected chi connectivity index (χ4v) is 1.94.